The summed E-state index contributed by atoms with van der Waals surface area (Å²) in [6.45, 7) is 3.65. The predicted molar refractivity (Wildman–Crippen MR) is 123 cm³/mol. The lowest BCUT2D eigenvalue weighted by molar-refractivity contribution is -0.135. The van der Waals surface area contributed by atoms with Crippen molar-refractivity contribution < 1.29 is 23.9 Å². The van der Waals surface area contributed by atoms with Gasteiger partial charge in [0.2, 0.25) is 17.7 Å². The van der Waals surface area contributed by atoms with Gasteiger partial charge in [0.15, 0.2) is 11.5 Å². The van der Waals surface area contributed by atoms with Gasteiger partial charge in [-0.05, 0) is 49.6 Å². The normalized spacial score (nSPS) is 31.1. The van der Waals surface area contributed by atoms with Gasteiger partial charge in [0.1, 0.15) is 18.8 Å². The number of hydrogen-bond acceptors (Lipinski definition) is 6. The van der Waals surface area contributed by atoms with Gasteiger partial charge in [0.25, 0.3) is 0 Å². The maximum absolute atomic E-state index is 14.1. The van der Waals surface area contributed by atoms with Crippen molar-refractivity contribution in [1.82, 2.24) is 4.90 Å². The first-order chi connectivity index (χ1) is 16.6. The quantitative estimate of drug-likeness (QED) is 0.695. The molecule has 8 nitrogen and oxygen atoms in total. The second-order valence-corrected chi connectivity index (χ2v) is 9.70. The molecule has 34 heavy (non-hydrogen) atoms. The van der Waals surface area contributed by atoms with Crippen molar-refractivity contribution in [2.45, 2.75) is 37.8 Å². The van der Waals surface area contributed by atoms with Crippen LogP contribution in [0.2, 0.25) is 0 Å². The van der Waals surface area contributed by atoms with Gasteiger partial charge in [-0.1, -0.05) is 19.1 Å². The minimum Gasteiger partial charge on any atom is -0.486 e. The van der Waals surface area contributed by atoms with Crippen LogP contribution in [-0.2, 0) is 26.3 Å². The maximum atomic E-state index is 14.1. The van der Waals surface area contributed by atoms with E-state index in [0.717, 1.165) is 36.1 Å². The SMILES string of the molecule is CCc1ccc2c(c1)[C@]1(C(=O)N2)[C@@H]2C(=O)N(c3ccc4c(c3)OCCO4)C(=O)[C@@H]2[C@@H]2CCCN21. The molecular weight excluding hydrogens is 434 g/mol. The molecule has 3 fully saturated rings. The number of nitrogens with one attached hydrogen (secondary N) is 1. The minimum absolute atomic E-state index is 0.134. The van der Waals surface area contributed by atoms with Crippen LogP contribution < -0.4 is 19.7 Å². The van der Waals surface area contributed by atoms with Crippen LogP contribution in [0.15, 0.2) is 36.4 Å². The molecule has 7 rings (SSSR count). The summed E-state index contributed by atoms with van der Waals surface area (Å²) >= 11 is 0. The van der Waals surface area contributed by atoms with E-state index in [4.69, 9.17) is 9.47 Å². The van der Waals surface area contributed by atoms with E-state index in [-0.39, 0.29) is 23.8 Å². The summed E-state index contributed by atoms with van der Waals surface area (Å²) < 4.78 is 11.3. The molecule has 0 unspecified atom stereocenters. The highest BCUT2D eigenvalue weighted by molar-refractivity contribution is 6.26. The van der Waals surface area contributed by atoms with Gasteiger partial charge in [0.05, 0.1) is 17.5 Å². The smallest absolute Gasteiger partial charge is 0.250 e. The number of rotatable bonds is 2. The molecule has 1 N–H and O–H groups in total. The van der Waals surface area contributed by atoms with Crippen LogP contribution >= 0.6 is 0 Å². The van der Waals surface area contributed by atoms with E-state index in [1.165, 1.54) is 4.90 Å². The molecule has 1 spiro atoms. The Kier molecular flexibility index (Phi) is 4.02. The zero-order valence-corrected chi connectivity index (χ0v) is 18.9. The van der Waals surface area contributed by atoms with E-state index in [9.17, 15) is 14.4 Å². The van der Waals surface area contributed by atoms with Crippen LogP contribution in [0.25, 0.3) is 0 Å². The van der Waals surface area contributed by atoms with Crippen LogP contribution in [0.5, 0.6) is 11.5 Å². The summed E-state index contributed by atoms with van der Waals surface area (Å²) in [6.07, 6.45) is 2.52. The monoisotopic (exact) mass is 459 g/mol. The maximum Gasteiger partial charge on any atom is 0.250 e. The van der Waals surface area contributed by atoms with Crippen molar-refractivity contribution in [1.29, 1.82) is 0 Å². The molecular formula is C26H25N3O5. The standard InChI is InChI=1S/C26H25N3O5/c1-2-14-5-7-17-16(12-14)26(25(32)27-17)22-21(18-4-3-9-28(18)26)23(30)29(24(22)31)15-6-8-19-20(13-15)34-11-10-33-19/h5-8,12-13,18,21-22H,2-4,9-11H2,1H3,(H,27,32)/t18-,21+,22-,26+/m0/s1. The second kappa shape index (κ2) is 6.82. The second-order valence-electron chi connectivity index (χ2n) is 9.70. The van der Waals surface area contributed by atoms with Crippen LogP contribution in [-0.4, -0.2) is 48.4 Å². The summed E-state index contributed by atoms with van der Waals surface area (Å²) in [5.41, 5.74) is 2.00. The molecule has 0 radical (unpaired) electrons. The Hall–Kier alpha value is -3.39. The van der Waals surface area contributed by atoms with E-state index >= 15 is 0 Å². The van der Waals surface area contributed by atoms with Crippen LogP contribution in [0.4, 0.5) is 11.4 Å². The molecule has 5 heterocycles. The molecule has 5 aliphatic rings. The average molecular weight is 460 g/mol. The Labute approximate surface area is 196 Å². The van der Waals surface area contributed by atoms with E-state index in [0.29, 0.717) is 36.9 Å². The highest BCUT2D eigenvalue weighted by atomic mass is 16.6. The summed E-state index contributed by atoms with van der Waals surface area (Å²) in [5, 5.41) is 3.04. The first-order valence-electron chi connectivity index (χ1n) is 12.0. The Morgan fingerprint density at radius 3 is 2.68 bits per heavy atom. The molecule has 174 valence electrons. The molecule has 0 aliphatic carbocycles. The highest BCUT2D eigenvalue weighted by Gasteiger charge is 2.74. The number of aryl methyl sites for hydroxylation is 1. The van der Waals surface area contributed by atoms with Gasteiger partial charge < -0.3 is 14.8 Å². The van der Waals surface area contributed by atoms with E-state index in [2.05, 4.69) is 23.2 Å². The van der Waals surface area contributed by atoms with Gasteiger partial charge in [-0.2, -0.15) is 0 Å². The fourth-order valence-corrected chi connectivity index (χ4v) is 6.90. The van der Waals surface area contributed by atoms with Crippen molar-refractivity contribution in [2.24, 2.45) is 11.8 Å². The first-order valence-corrected chi connectivity index (χ1v) is 12.0. The third-order valence-corrected chi connectivity index (χ3v) is 8.25. The molecule has 2 aromatic carbocycles. The number of nitrogens with zero attached hydrogens (tertiary/aromatic N) is 2. The van der Waals surface area contributed by atoms with Gasteiger partial charge >= 0.3 is 0 Å². The topological polar surface area (TPSA) is 88.2 Å². The van der Waals surface area contributed by atoms with Crippen molar-refractivity contribution in [3.63, 3.8) is 0 Å². The van der Waals surface area contributed by atoms with Crippen molar-refractivity contribution >= 4 is 29.1 Å². The minimum atomic E-state index is -1.15. The van der Waals surface area contributed by atoms with Crippen LogP contribution in [0.1, 0.15) is 30.9 Å². The lowest BCUT2D eigenvalue weighted by atomic mass is 9.75. The summed E-state index contributed by atoms with van der Waals surface area (Å²) in [6, 6.07) is 11.0. The third kappa shape index (κ3) is 2.29. The Balaban J connectivity index is 1.39. The molecule has 2 aromatic rings. The van der Waals surface area contributed by atoms with Gasteiger partial charge in [-0.3, -0.25) is 19.3 Å². The lowest BCUT2D eigenvalue weighted by Crippen LogP contribution is -2.54. The van der Waals surface area contributed by atoms with E-state index < -0.39 is 17.4 Å². The molecule has 8 heteroatoms. The number of hydrogen-bond donors (Lipinski definition) is 1. The van der Waals surface area contributed by atoms with Gasteiger partial charge in [-0.15, -0.1) is 0 Å². The summed E-state index contributed by atoms with van der Waals surface area (Å²) in [7, 11) is 0. The Bertz CT molecular complexity index is 1280. The number of anilines is 2. The zero-order chi connectivity index (χ0) is 23.2. The number of benzene rings is 2. The van der Waals surface area contributed by atoms with Gasteiger partial charge in [0, 0.05) is 23.4 Å². The summed E-state index contributed by atoms with van der Waals surface area (Å²) in [5.74, 6) is -0.921. The molecule has 0 bridgehead atoms. The van der Waals surface area contributed by atoms with Crippen LogP contribution in [0, 0.1) is 11.8 Å². The fourth-order valence-electron chi connectivity index (χ4n) is 6.90. The number of fused-ring (bicyclic) bond motifs is 8. The number of carbonyl (C=O) groups is 3. The van der Waals surface area contributed by atoms with Crippen molar-refractivity contribution in [3.8, 4) is 11.5 Å². The molecule has 5 aliphatic heterocycles. The lowest BCUT2D eigenvalue weighted by Gasteiger charge is -2.36. The molecule has 0 saturated carbocycles. The number of ether oxygens (including phenoxy) is 2. The van der Waals surface area contributed by atoms with Crippen LogP contribution in [0.3, 0.4) is 0 Å². The number of imide groups is 1. The first kappa shape index (κ1) is 20.0. The molecule has 0 aromatic heterocycles. The molecule has 3 saturated heterocycles. The predicted octanol–water partition coefficient (Wildman–Crippen LogP) is 2.45. The van der Waals surface area contributed by atoms with E-state index in [1.54, 1.807) is 18.2 Å². The highest BCUT2D eigenvalue weighted by Crippen LogP contribution is 2.61. The Morgan fingerprint density at radius 1 is 1.03 bits per heavy atom. The van der Waals surface area contributed by atoms with Crippen molar-refractivity contribution in [2.75, 3.05) is 30.0 Å². The Morgan fingerprint density at radius 2 is 1.85 bits per heavy atom. The number of amides is 3. The largest absolute Gasteiger partial charge is 0.486 e. The van der Waals surface area contributed by atoms with E-state index in [1.807, 2.05) is 12.1 Å². The number of carbonyl (C=O) groups excluding carboxylic acids is 3. The molecule has 4 atom stereocenters. The average Bonchev–Trinajstić information content (AvgIpc) is 3.56. The third-order valence-electron chi connectivity index (χ3n) is 8.25. The zero-order valence-electron chi connectivity index (χ0n) is 18.9. The van der Waals surface area contributed by atoms with Crippen molar-refractivity contribution in [3.05, 3.63) is 47.5 Å². The summed E-state index contributed by atoms with van der Waals surface area (Å²) in [4.78, 5) is 45.1. The molecule has 3 amide bonds. The fraction of sp³-hybridized carbons (Fsp3) is 0.423. The van der Waals surface area contributed by atoms with Gasteiger partial charge in [-0.25, -0.2) is 4.90 Å².